The third-order valence-electron chi connectivity index (χ3n) is 3.90. The molecule has 2 aromatic carbocycles. The van der Waals surface area contributed by atoms with Crippen LogP contribution in [0.15, 0.2) is 48.5 Å². The van der Waals surface area contributed by atoms with Gasteiger partial charge in [-0.25, -0.2) is 0 Å². The number of rotatable bonds is 7. The van der Waals surface area contributed by atoms with E-state index < -0.39 is 18.0 Å². The fourth-order valence-corrected chi connectivity index (χ4v) is 2.51. The quantitative estimate of drug-likeness (QED) is 0.790. The van der Waals surface area contributed by atoms with Crippen LogP contribution in [0.4, 0.5) is 0 Å². The molecule has 0 saturated heterocycles. The van der Waals surface area contributed by atoms with Crippen molar-refractivity contribution in [3.8, 4) is 0 Å². The number of benzene rings is 2. The number of hydrogen-bond acceptors (Lipinski definition) is 3. The number of carboxylic acids is 1. The summed E-state index contributed by atoms with van der Waals surface area (Å²) < 4.78 is 5.15. The Morgan fingerprint density at radius 1 is 1.00 bits per heavy atom. The minimum atomic E-state index is -0.930. The number of carbonyl (C=O) groups is 2. The van der Waals surface area contributed by atoms with Gasteiger partial charge in [0, 0.05) is 6.42 Å². The normalized spacial score (nSPS) is 13.1. The van der Waals surface area contributed by atoms with Crippen LogP contribution in [0.5, 0.6) is 0 Å². The summed E-state index contributed by atoms with van der Waals surface area (Å²) in [7, 11) is 0. The highest BCUT2D eigenvalue weighted by Gasteiger charge is 2.26. The molecule has 0 bridgehead atoms. The largest absolute Gasteiger partial charge is 0.481 e. The molecule has 4 nitrogen and oxygen atoms in total. The molecule has 2 rings (SSSR count). The van der Waals surface area contributed by atoms with E-state index in [1.54, 1.807) is 12.1 Å². The molecule has 0 aliphatic carbocycles. The molecular weight excluding hydrogens is 292 g/mol. The third kappa shape index (κ3) is 4.42. The lowest BCUT2D eigenvalue weighted by Gasteiger charge is -2.21. The second kappa shape index (κ2) is 7.58. The predicted molar refractivity (Wildman–Crippen MR) is 87.2 cm³/mol. The molecule has 23 heavy (non-hydrogen) atoms. The van der Waals surface area contributed by atoms with Crippen molar-refractivity contribution in [2.24, 2.45) is 0 Å². The first kappa shape index (κ1) is 16.7. The summed E-state index contributed by atoms with van der Waals surface area (Å²) in [5, 5.41) is 9.56. The molecular formula is C19H20O4. The highest BCUT2D eigenvalue weighted by Crippen LogP contribution is 2.31. The maximum atomic E-state index is 11.7. The molecule has 0 amide bonds. The fraction of sp³-hybridized carbons (Fsp3) is 0.263. The van der Waals surface area contributed by atoms with E-state index in [9.17, 15) is 14.7 Å². The molecule has 0 fully saturated rings. The zero-order valence-electron chi connectivity index (χ0n) is 13.2. The van der Waals surface area contributed by atoms with Crippen molar-refractivity contribution in [3.05, 3.63) is 70.8 Å². The minimum absolute atomic E-state index is 0.195. The molecule has 0 aliphatic heterocycles. The lowest BCUT2D eigenvalue weighted by Crippen LogP contribution is -2.17. The lowest BCUT2D eigenvalue weighted by atomic mass is 9.90. The molecule has 120 valence electrons. The van der Waals surface area contributed by atoms with Crippen molar-refractivity contribution in [1.82, 2.24) is 0 Å². The summed E-state index contributed by atoms with van der Waals surface area (Å²) in [6.07, 6.45) is -0.393. The van der Waals surface area contributed by atoms with E-state index in [0.717, 1.165) is 16.7 Å². The Bertz CT molecular complexity index is 659. The monoisotopic (exact) mass is 312 g/mol. The fourth-order valence-electron chi connectivity index (χ4n) is 2.51. The van der Waals surface area contributed by atoms with Crippen LogP contribution < -0.4 is 0 Å². The van der Waals surface area contributed by atoms with Gasteiger partial charge in [-0.05, 0) is 25.0 Å². The third-order valence-corrected chi connectivity index (χ3v) is 3.90. The van der Waals surface area contributed by atoms with Gasteiger partial charge >= 0.3 is 5.97 Å². The number of ether oxygens (including phenoxy) is 1. The Morgan fingerprint density at radius 2 is 1.48 bits per heavy atom. The van der Waals surface area contributed by atoms with Crippen LogP contribution in [0, 0.1) is 13.8 Å². The Kier molecular flexibility index (Phi) is 5.52. The van der Waals surface area contributed by atoms with Gasteiger partial charge in [0.2, 0.25) is 0 Å². The second-order valence-corrected chi connectivity index (χ2v) is 5.67. The van der Waals surface area contributed by atoms with Gasteiger partial charge in [-0.15, -0.1) is 0 Å². The van der Waals surface area contributed by atoms with Crippen molar-refractivity contribution in [1.29, 1.82) is 0 Å². The van der Waals surface area contributed by atoms with E-state index in [0.29, 0.717) is 12.0 Å². The van der Waals surface area contributed by atoms with Crippen LogP contribution in [0.25, 0.3) is 0 Å². The number of hydrogen-bond donors (Lipinski definition) is 1. The Hall–Kier alpha value is -2.62. The summed E-state index contributed by atoms with van der Waals surface area (Å²) in [4.78, 5) is 22.5. The molecule has 0 saturated carbocycles. The highest BCUT2D eigenvalue weighted by atomic mass is 16.5. The van der Waals surface area contributed by atoms with E-state index in [1.165, 1.54) is 0 Å². The van der Waals surface area contributed by atoms with Crippen molar-refractivity contribution >= 4 is 12.4 Å². The maximum absolute atomic E-state index is 11.7. The summed E-state index contributed by atoms with van der Waals surface area (Å²) in [5.74, 6) is -1.66. The Labute approximate surface area is 135 Å². The average Bonchev–Trinajstić information content (AvgIpc) is 2.53. The molecule has 0 heterocycles. The first-order chi connectivity index (χ1) is 11.0. The van der Waals surface area contributed by atoms with E-state index in [4.69, 9.17) is 4.74 Å². The van der Waals surface area contributed by atoms with E-state index in [-0.39, 0.29) is 6.42 Å². The smallest absolute Gasteiger partial charge is 0.311 e. The topological polar surface area (TPSA) is 63.6 Å². The molecule has 4 heteroatoms. The molecule has 1 N–H and O–H groups in total. The number of aliphatic carboxylic acids is 1. The van der Waals surface area contributed by atoms with Crippen LogP contribution >= 0.6 is 0 Å². The van der Waals surface area contributed by atoms with Gasteiger partial charge in [0.05, 0.1) is 5.92 Å². The zero-order valence-corrected chi connectivity index (χ0v) is 13.2. The van der Waals surface area contributed by atoms with Crippen molar-refractivity contribution in [2.45, 2.75) is 32.3 Å². The molecule has 0 radical (unpaired) electrons. The van der Waals surface area contributed by atoms with Gasteiger partial charge in [-0.2, -0.15) is 0 Å². The van der Waals surface area contributed by atoms with Crippen molar-refractivity contribution in [3.63, 3.8) is 0 Å². The molecule has 0 aliphatic rings. The van der Waals surface area contributed by atoms with Crippen molar-refractivity contribution in [2.75, 3.05) is 0 Å². The summed E-state index contributed by atoms with van der Waals surface area (Å²) in [6, 6.07) is 14.9. The standard InChI is InChI=1S/C19H20O4/c1-13-3-7-15(8-4-13)17(19(21)22)11-18(23-12-20)16-9-5-14(2)6-10-16/h3-10,12,17-18H,11H2,1-2H3,(H,21,22). The van der Waals surface area contributed by atoms with Gasteiger partial charge < -0.3 is 9.84 Å². The van der Waals surface area contributed by atoms with E-state index in [2.05, 4.69) is 0 Å². The maximum Gasteiger partial charge on any atom is 0.311 e. The van der Waals surface area contributed by atoms with Crippen molar-refractivity contribution < 1.29 is 19.4 Å². The van der Waals surface area contributed by atoms with Gasteiger partial charge in [0.1, 0.15) is 6.10 Å². The van der Waals surface area contributed by atoms with E-state index in [1.807, 2.05) is 50.2 Å². The van der Waals surface area contributed by atoms with Gasteiger partial charge in [-0.1, -0.05) is 59.7 Å². The van der Waals surface area contributed by atoms with Gasteiger partial charge in [-0.3, -0.25) is 9.59 Å². The number of carboxylic acid groups (broad SMARTS) is 1. The van der Waals surface area contributed by atoms with Gasteiger partial charge in [0.25, 0.3) is 6.47 Å². The molecule has 2 unspecified atom stereocenters. The lowest BCUT2D eigenvalue weighted by molar-refractivity contribution is -0.142. The number of carbonyl (C=O) groups excluding carboxylic acids is 1. The summed E-state index contributed by atoms with van der Waals surface area (Å²) in [6.45, 7) is 4.29. The van der Waals surface area contributed by atoms with Crippen LogP contribution in [-0.2, 0) is 14.3 Å². The first-order valence-corrected chi connectivity index (χ1v) is 7.46. The van der Waals surface area contributed by atoms with Crippen LogP contribution in [0.3, 0.4) is 0 Å². The molecule has 0 spiro atoms. The molecule has 2 atom stereocenters. The Morgan fingerprint density at radius 3 is 1.91 bits per heavy atom. The van der Waals surface area contributed by atoms with E-state index >= 15 is 0 Å². The SMILES string of the molecule is Cc1ccc(C(CC(C(=O)O)c2ccc(C)cc2)OC=O)cc1. The highest BCUT2D eigenvalue weighted by molar-refractivity contribution is 5.76. The van der Waals surface area contributed by atoms with Crippen LogP contribution in [-0.4, -0.2) is 17.5 Å². The Balaban J connectivity index is 2.27. The summed E-state index contributed by atoms with van der Waals surface area (Å²) in [5.41, 5.74) is 3.65. The summed E-state index contributed by atoms with van der Waals surface area (Å²) >= 11 is 0. The van der Waals surface area contributed by atoms with Gasteiger partial charge in [0.15, 0.2) is 0 Å². The molecule has 0 aromatic heterocycles. The first-order valence-electron chi connectivity index (χ1n) is 7.46. The van der Waals surface area contributed by atoms with Crippen LogP contribution in [0.1, 0.15) is 40.7 Å². The molecule has 2 aromatic rings. The number of aryl methyl sites for hydroxylation is 2. The predicted octanol–water partition coefficient (Wildman–Crippen LogP) is 3.78. The average molecular weight is 312 g/mol. The second-order valence-electron chi connectivity index (χ2n) is 5.67. The minimum Gasteiger partial charge on any atom is -0.481 e. The van der Waals surface area contributed by atoms with Crippen LogP contribution in [0.2, 0.25) is 0 Å². The zero-order chi connectivity index (χ0) is 16.8.